The molecule has 5 heteroatoms. The van der Waals surface area contributed by atoms with Gasteiger partial charge in [-0.3, -0.25) is 0 Å². The van der Waals surface area contributed by atoms with Crippen LogP contribution >= 0.6 is 11.3 Å². The van der Waals surface area contributed by atoms with Crippen molar-refractivity contribution in [2.24, 2.45) is 11.7 Å². The van der Waals surface area contributed by atoms with Crippen LogP contribution in [0.25, 0.3) is 10.7 Å². The Morgan fingerprint density at radius 3 is 3.12 bits per heavy atom. The van der Waals surface area contributed by atoms with E-state index in [0.717, 1.165) is 17.7 Å². The van der Waals surface area contributed by atoms with E-state index in [1.807, 2.05) is 17.5 Å². The first-order valence-corrected chi connectivity index (χ1v) is 6.24. The highest BCUT2D eigenvalue weighted by molar-refractivity contribution is 7.13. The van der Waals surface area contributed by atoms with Gasteiger partial charge in [0, 0.05) is 6.42 Å². The molecule has 4 nitrogen and oxygen atoms in total. The summed E-state index contributed by atoms with van der Waals surface area (Å²) in [5.41, 5.74) is 5.55. The van der Waals surface area contributed by atoms with Gasteiger partial charge in [-0.05, 0) is 30.3 Å². The Balaban J connectivity index is 1.98. The van der Waals surface area contributed by atoms with Crippen molar-refractivity contribution in [1.82, 2.24) is 10.1 Å². The summed E-state index contributed by atoms with van der Waals surface area (Å²) in [6.45, 7) is 2.82. The van der Waals surface area contributed by atoms with Gasteiger partial charge in [0.05, 0.1) is 4.88 Å². The number of rotatable bonds is 5. The van der Waals surface area contributed by atoms with Crippen LogP contribution in [0.5, 0.6) is 0 Å². The molecule has 0 aliphatic rings. The number of nitrogens with two attached hydrogens (primary N) is 1. The molecule has 2 heterocycles. The molecule has 2 N–H and O–H groups in total. The van der Waals surface area contributed by atoms with E-state index < -0.39 is 0 Å². The van der Waals surface area contributed by atoms with Gasteiger partial charge in [-0.25, -0.2) is 0 Å². The molecule has 1 unspecified atom stereocenters. The summed E-state index contributed by atoms with van der Waals surface area (Å²) < 4.78 is 5.19. The maximum Gasteiger partial charge on any atom is 0.226 e. The van der Waals surface area contributed by atoms with Gasteiger partial charge in [-0.1, -0.05) is 18.1 Å². The second-order valence-corrected chi connectivity index (χ2v) is 4.82. The smallest absolute Gasteiger partial charge is 0.226 e. The van der Waals surface area contributed by atoms with Crippen LogP contribution in [-0.2, 0) is 6.42 Å². The molecule has 0 aliphatic carbocycles. The normalized spacial score (nSPS) is 12.9. The van der Waals surface area contributed by atoms with Crippen LogP contribution in [0.4, 0.5) is 0 Å². The molecule has 2 rings (SSSR count). The summed E-state index contributed by atoms with van der Waals surface area (Å²) in [6.07, 6.45) is 1.79. The van der Waals surface area contributed by atoms with Gasteiger partial charge in [0.1, 0.15) is 0 Å². The molecule has 0 bridgehead atoms. The van der Waals surface area contributed by atoms with Gasteiger partial charge in [0.15, 0.2) is 0 Å². The van der Waals surface area contributed by atoms with E-state index in [-0.39, 0.29) is 0 Å². The van der Waals surface area contributed by atoms with Crippen LogP contribution in [0.3, 0.4) is 0 Å². The second kappa shape index (κ2) is 5.23. The van der Waals surface area contributed by atoms with Crippen LogP contribution in [0.1, 0.15) is 19.2 Å². The fourth-order valence-corrected chi connectivity index (χ4v) is 2.00. The highest BCUT2D eigenvalue weighted by Crippen LogP contribution is 2.21. The van der Waals surface area contributed by atoms with Gasteiger partial charge < -0.3 is 10.3 Å². The van der Waals surface area contributed by atoms with E-state index in [2.05, 4.69) is 17.1 Å². The quantitative estimate of drug-likeness (QED) is 0.866. The molecule has 16 heavy (non-hydrogen) atoms. The summed E-state index contributed by atoms with van der Waals surface area (Å²) in [5.74, 6) is 1.88. The van der Waals surface area contributed by atoms with Crippen LogP contribution in [0.2, 0.25) is 0 Å². The fourth-order valence-electron chi connectivity index (χ4n) is 1.35. The van der Waals surface area contributed by atoms with Crippen molar-refractivity contribution in [1.29, 1.82) is 0 Å². The lowest BCUT2D eigenvalue weighted by atomic mass is 10.1. The first kappa shape index (κ1) is 11.3. The molecule has 0 aromatic carbocycles. The summed E-state index contributed by atoms with van der Waals surface area (Å²) >= 11 is 1.61. The summed E-state index contributed by atoms with van der Waals surface area (Å²) in [6, 6.07) is 3.97. The SMILES string of the molecule is CC(CN)CCc1nc(-c2cccs2)no1. The first-order chi connectivity index (χ1) is 7.79. The molecule has 2 aromatic rings. The monoisotopic (exact) mass is 237 g/mol. The Morgan fingerprint density at radius 1 is 1.56 bits per heavy atom. The zero-order valence-corrected chi connectivity index (χ0v) is 10.0. The molecule has 0 saturated heterocycles. The Kier molecular flexibility index (Phi) is 3.69. The maximum atomic E-state index is 5.55. The van der Waals surface area contributed by atoms with Gasteiger partial charge in [0.2, 0.25) is 11.7 Å². The van der Waals surface area contributed by atoms with Crippen molar-refractivity contribution in [2.75, 3.05) is 6.54 Å². The third-order valence-corrected chi connectivity index (χ3v) is 3.33. The van der Waals surface area contributed by atoms with Crippen LogP contribution < -0.4 is 5.73 Å². The summed E-state index contributed by atoms with van der Waals surface area (Å²) in [5, 5.41) is 5.96. The lowest BCUT2D eigenvalue weighted by Crippen LogP contribution is -2.11. The summed E-state index contributed by atoms with van der Waals surface area (Å²) in [7, 11) is 0. The van der Waals surface area contributed by atoms with Crippen molar-refractivity contribution < 1.29 is 4.52 Å². The minimum absolute atomic E-state index is 0.497. The predicted molar refractivity (Wildman–Crippen MR) is 64.2 cm³/mol. The first-order valence-electron chi connectivity index (χ1n) is 5.36. The lowest BCUT2D eigenvalue weighted by molar-refractivity contribution is 0.366. The largest absolute Gasteiger partial charge is 0.339 e. The molecular formula is C11H15N3OS. The van der Waals surface area contributed by atoms with E-state index in [1.165, 1.54) is 0 Å². The minimum atomic E-state index is 0.497. The lowest BCUT2D eigenvalue weighted by Gasteiger charge is -2.03. The second-order valence-electron chi connectivity index (χ2n) is 3.87. The molecule has 0 fully saturated rings. The average Bonchev–Trinajstić information content (AvgIpc) is 2.95. The molecule has 2 aromatic heterocycles. The third-order valence-electron chi connectivity index (χ3n) is 2.46. The molecule has 1 atom stereocenters. The van der Waals surface area contributed by atoms with Crippen LogP contribution in [0.15, 0.2) is 22.0 Å². The average molecular weight is 237 g/mol. The van der Waals surface area contributed by atoms with Gasteiger partial charge in [-0.2, -0.15) is 4.98 Å². The third kappa shape index (κ3) is 2.68. The highest BCUT2D eigenvalue weighted by atomic mass is 32.1. The number of aromatic nitrogens is 2. The van der Waals surface area contributed by atoms with E-state index >= 15 is 0 Å². The Labute approximate surface area is 98.5 Å². The van der Waals surface area contributed by atoms with Crippen LogP contribution in [-0.4, -0.2) is 16.7 Å². The van der Waals surface area contributed by atoms with E-state index in [9.17, 15) is 0 Å². The molecule has 0 aliphatic heterocycles. The Hall–Kier alpha value is -1.20. The maximum absolute atomic E-state index is 5.55. The minimum Gasteiger partial charge on any atom is -0.339 e. The highest BCUT2D eigenvalue weighted by Gasteiger charge is 2.10. The van der Waals surface area contributed by atoms with E-state index in [0.29, 0.717) is 24.2 Å². The van der Waals surface area contributed by atoms with E-state index in [1.54, 1.807) is 11.3 Å². The number of nitrogens with zero attached hydrogens (tertiary/aromatic N) is 2. The van der Waals surface area contributed by atoms with Gasteiger partial charge in [-0.15, -0.1) is 11.3 Å². The van der Waals surface area contributed by atoms with Crippen molar-refractivity contribution in [3.63, 3.8) is 0 Å². The Bertz CT molecular complexity index is 424. The van der Waals surface area contributed by atoms with E-state index in [4.69, 9.17) is 10.3 Å². The van der Waals surface area contributed by atoms with Crippen molar-refractivity contribution in [2.45, 2.75) is 19.8 Å². The Morgan fingerprint density at radius 2 is 2.44 bits per heavy atom. The van der Waals surface area contributed by atoms with Crippen molar-refractivity contribution >= 4 is 11.3 Å². The number of thiophene rings is 1. The molecule has 0 spiro atoms. The topological polar surface area (TPSA) is 64.9 Å². The molecular weight excluding hydrogens is 222 g/mol. The van der Waals surface area contributed by atoms with Crippen molar-refractivity contribution in [3.8, 4) is 10.7 Å². The predicted octanol–water partition coefficient (Wildman–Crippen LogP) is 2.33. The molecule has 0 radical (unpaired) electrons. The zero-order valence-electron chi connectivity index (χ0n) is 9.22. The number of aryl methyl sites for hydroxylation is 1. The summed E-state index contributed by atoms with van der Waals surface area (Å²) in [4.78, 5) is 5.39. The molecule has 86 valence electrons. The number of hydrogen-bond donors (Lipinski definition) is 1. The fraction of sp³-hybridized carbons (Fsp3) is 0.455. The van der Waals surface area contributed by atoms with Crippen molar-refractivity contribution in [3.05, 3.63) is 23.4 Å². The van der Waals surface area contributed by atoms with Crippen LogP contribution in [0, 0.1) is 5.92 Å². The van der Waals surface area contributed by atoms with Gasteiger partial charge in [0.25, 0.3) is 0 Å². The standard InChI is InChI=1S/C11H15N3OS/c1-8(7-12)4-5-10-13-11(14-15-10)9-3-2-6-16-9/h2-3,6,8H,4-5,7,12H2,1H3. The molecule has 0 saturated carbocycles. The number of hydrogen-bond acceptors (Lipinski definition) is 5. The molecule has 0 amide bonds. The van der Waals surface area contributed by atoms with Gasteiger partial charge >= 0.3 is 0 Å². The zero-order chi connectivity index (χ0) is 11.4.